The summed E-state index contributed by atoms with van der Waals surface area (Å²) >= 11 is 7.23. The number of benzene rings is 1. The van der Waals surface area contributed by atoms with Gasteiger partial charge in [-0.1, -0.05) is 41.6 Å². The first-order valence-corrected chi connectivity index (χ1v) is 10.2. The van der Waals surface area contributed by atoms with Crippen LogP contribution in [0.15, 0.2) is 58.8 Å². The summed E-state index contributed by atoms with van der Waals surface area (Å²) in [5.74, 6) is 1.69. The van der Waals surface area contributed by atoms with E-state index in [2.05, 4.69) is 22.1 Å². The average molecular weight is 417 g/mol. The molecule has 0 aliphatic heterocycles. The molecule has 0 unspecified atom stereocenters. The van der Waals surface area contributed by atoms with Crippen LogP contribution in [0, 0.1) is 6.92 Å². The third-order valence-electron chi connectivity index (χ3n) is 4.11. The molecule has 0 aliphatic carbocycles. The van der Waals surface area contributed by atoms with Crippen molar-refractivity contribution in [1.82, 2.24) is 20.1 Å². The summed E-state index contributed by atoms with van der Waals surface area (Å²) in [5.41, 5.74) is 2.01. The molecule has 0 aliphatic rings. The predicted molar refractivity (Wildman–Crippen MR) is 112 cm³/mol. The van der Waals surface area contributed by atoms with Gasteiger partial charge in [0.05, 0.1) is 17.6 Å². The van der Waals surface area contributed by atoms with E-state index in [1.54, 1.807) is 12.3 Å². The van der Waals surface area contributed by atoms with Crippen LogP contribution in [0.1, 0.15) is 11.3 Å². The number of hydrogen-bond acceptors (Lipinski definition) is 5. The number of thioether (sulfide) groups is 1. The van der Waals surface area contributed by atoms with Gasteiger partial charge >= 0.3 is 0 Å². The quantitative estimate of drug-likeness (QED) is 0.419. The van der Waals surface area contributed by atoms with Gasteiger partial charge in [0.2, 0.25) is 5.91 Å². The molecule has 0 atom stereocenters. The number of nitrogens with one attached hydrogen (secondary N) is 1. The molecule has 28 heavy (non-hydrogen) atoms. The fraction of sp³-hybridized carbons (Fsp3) is 0.250. The zero-order chi connectivity index (χ0) is 19.9. The number of amides is 1. The van der Waals surface area contributed by atoms with Crippen LogP contribution in [0.5, 0.6) is 0 Å². The van der Waals surface area contributed by atoms with Crippen molar-refractivity contribution in [2.75, 3.05) is 12.3 Å². The number of nitrogens with zero attached hydrogens (tertiary/aromatic N) is 3. The van der Waals surface area contributed by atoms with Gasteiger partial charge in [-0.2, -0.15) is 0 Å². The van der Waals surface area contributed by atoms with Gasteiger partial charge in [-0.25, -0.2) is 0 Å². The van der Waals surface area contributed by atoms with Gasteiger partial charge in [0.25, 0.3) is 0 Å². The fourth-order valence-electron chi connectivity index (χ4n) is 2.68. The maximum Gasteiger partial charge on any atom is 0.230 e. The molecule has 2 aromatic heterocycles. The third-order valence-corrected chi connectivity index (χ3v) is 5.33. The summed E-state index contributed by atoms with van der Waals surface area (Å²) in [6.07, 6.45) is 4.15. The molecule has 0 saturated heterocycles. The number of allylic oxidation sites excluding steroid dienone is 1. The second kappa shape index (κ2) is 9.61. The first kappa shape index (κ1) is 20.2. The maximum absolute atomic E-state index is 12.2. The molecule has 1 N–H and O–H groups in total. The van der Waals surface area contributed by atoms with Gasteiger partial charge in [0.1, 0.15) is 5.76 Å². The Labute approximate surface area is 173 Å². The highest BCUT2D eigenvalue weighted by molar-refractivity contribution is 7.99. The molecular formula is C20H21ClN4O2S. The molecule has 8 heteroatoms. The monoisotopic (exact) mass is 416 g/mol. The Kier molecular flexibility index (Phi) is 6.95. The van der Waals surface area contributed by atoms with Crippen molar-refractivity contribution >= 4 is 29.3 Å². The summed E-state index contributed by atoms with van der Waals surface area (Å²) in [4.78, 5) is 12.2. The summed E-state index contributed by atoms with van der Waals surface area (Å²) in [5, 5.41) is 12.8. The highest BCUT2D eigenvalue weighted by Crippen LogP contribution is 2.27. The smallest absolute Gasteiger partial charge is 0.230 e. The number of carbonyl (C=O) groups excluding carboxylic acids is 1. The Morgan fingerprint density at radius 2 is 2.11 bits per heavy atom. The van der Waals surface area contributed by atoms with E-state index in [1.165, 1.54) is 11.8 Å². The lowest BCUT2D eigenvalue weighted by Crippen LogP contribution is -2.27. The highest BCUT2D eigenvalue weighted by Gasteiger charge is 2.17. The van der Waals surface area contributed by atoms with Crippen molar-refractivity contribution in [3.05, 3.63) is 65.6 Å². The summed E-state index contributed by atoms with van der Waals surface area (Å²) in [6, 6.07) is 9.47. The maximum atomic E-state index is 12.2. The van der Waals surface area contributed by atoms with Crippen LogP contribution < -0.4 is 5.32 Å². The molecule has 2 heterocycles. The van der Waals surface area contributed by atoms with E-state index in [4.69, 9.17) is 16.0 Å². The van der Waals surface area contributed by atoms with Crippen molar-refractivity contribution < 1.29 is 9.21 Å². The molecule has 0 bridgehead atoms. The number of rotatable bonds is 9. The lowest BCUT2D eigenvalue weighted by atomic mass is 10.1. The van der Waals surface area contributed by atoms with Gasteiger partial charge in [0, 0.05) is 18.1 Å². The van der Waals surface area contributed by atoms with Crippen LogP contribution >= 0.6 is 23.4 Å². The second-order valence-corrected chi connectivity index (χ2v) is 7.49. The molecule has 3 rings (SSSR count). The van der Waals surface area contributed by atoms with Crippen LogP contribution in [0.4, 0.5) is 0 Å². The van der Waals surface area contributed by atoms with E-state index in [0.717, 1.165) is 23.3 Å². The molecule has 0 spiro atoms. The van der Waals surface area contributed by atoms with Gasteiger partial charge in [-0.3, -0.25) is 9.36 Å². The second-order valence-electron chi connectivity index (χ2n) is 6.11. The van der Waals surface area contributed by atoms with Crippen LogP contribution in [-0.2, 0) is 17.8 Å². The SMILES string of the molecule is C=CCn1c(SCC(=O)NCCc2ccc(Cl)cc2)nnc1-c1ccoc1C. The molecule has 1 aromatic carbocycles. The Morgan fingerprint density at radius 3 is 2.79 bits per heavy atom. The lowest BCUT2D eigenvalue weighted by Gasteiger charge is -2.08. The van der Waals surface area contributed by atoms with E-state index in [1.807, 2.05) is 41.8 Å². The minimum atomic E-state index is -0.0480. The molecular weight excluding hydrogens is 396 g/mol. The lowest BCUT2D eigenvalue weighted by molar-refractivity contribution is -0.118. The fourth-order valence-corrected chi connectivity index (χ4v) is 3.59. The minimum absolute atomic E-state index is 0.0480. The van der Waals surface area contributed by atoms with Crippen molar-refractivity contribution in [3.8, 4) is 11.4 Å². The number of furan rings is 1. The van der Waals surface area contributed by atoms with Crippen molar-refractivity contribution in [1.29, 1.82) is 0 Å². The first-order valence-electron chi connectivity index (χ1n) is 8.81. The summed E-state index contributed by atoms with van der Waals surface area (Å²) in [7, 11) is 0. The van der Waals surface area contributed by atoms with Crippen molar-refractivity contribution in [3.63, 3.8) is 0 Å². The normalized spacial score (nSPS) is 10.8. The van der Waals surface area contributed by atoms with Gasteiger partial charge < -0.3 is 9.73 Å². The average Bonchev–Trinajstić information content (AvgIpc) is 3.28. The summed E-state index contributed by atoms with van der Waals surface area (Å²) in [6.45, 7) is 6.79. The van der Waals surface area contributed by atoms with Crippen LogP contribution in [0.25, 0.3) is 11.4 Å². The van der Waals surface area contributed by atoms with E-state index in [0.29, 0.717) is 29.1 Å². The number of carbonyl (C=O) groups is 1. The largest absolute Gasteiger partial charge is 0.469 e. The standard InChI is InChI=1S/C20H21ClN4O2S/c1-3-11-25-19(17-9-12-27-14(17)2)23-24-20(25)28-13-18(26)22-10-8-15-4-6-16(21)7-5-15/h3-7,9,12H,1,8,10-11,13H2,2H3,(H,22,26). The Morgan fingerprint density at radius 1 is 1.32 bits per heavy atom. The molecule has 6 nitrogen and oxygen atoms in total. The van der Waals surface area contributed by atoms with Gasteiger partial charge in [-0.15, -0.1) is 16.8 Å². The van der Waals surface area contributed by atoms with E-state index < -0.39 is 0 Å². The molecule has 0 fully saturated rings. The highest BCUT2D eigenvalue weighted by atomic mass is 35.5. The molecule has 0 saturated carbocycles. The van der Waals surface area contributed by atoms with Gasteiger partial charge in [-0.05, 0) is 37.1 Å². The Bertz CT molecular complexity index is 950. The Hall–Kier alpha value is -2.51. The molecule has 3 aromatic rings. The zero-order valence-electron chi connectivity index (χ0n) is 15.5. The molecule has 146 valence electrons. The number of aromatic nitrogens is 3. The topological polar surface area (TPSA) is 73.0 Å². The third kappa shape index (κ3) is 5.05. The molecule has 1 amide bonds. The van der Waals surface area contributed by atoms with Crippen LogP contribution in [-0.4, -0.2) is 33.0 Å². The van der Waals surface area contributed by atoms with E-state index in [9.17, 15) is 4.79 Å². The molecule has 0 radical (unpaired) electrons. The Balaban J connectivity index is 1.55. The van der Waals surface area contributed by atoms with E-state index >= 15 is 0 Å². The number of halogens is 1. The zero-order valence-corrected chi connectivity index (χ0v) is 17.1. The van der Waals surface area contributed by atoms with Crippen LogP contribution in [0.3, 0.4) is 0 Å². The minimum Gasteiger partial charge on any atom is -0.469 e. The van der Waals surface area contributed by atoms with Gasteiger partial charge in [0.15, 0.2) is 11.0 Å². The van der Waals surface area contributed by atoms with Crippen LogP contribution in [0.2, 0.25) is 5.02 Å². The number of aryl methyl sites for hydroxylation is 1. The number of hydrogen-bond donors (Lipinski definition) is 1. The summed E-state index contributed by atoms with van der Waals surface area (Å²) < 4.78 is 7.29. The predicted octanol–water partition coefficient (Wildman–Crippen LogP) is 4.14. The van der Waals surface area contributed by atoms with Crippen molar-refractivity contribution in [2.24, 2.45) is 0 Å². The van der Waals surface area contributed by atoms with Crippen molar-refractivity contribution in [2.45, 2.75) is 25.0 Å². The first-order chi connectivity index (χ1) is 13.6. The van der Waals surface area contributed by atoms with E-state index in [-0.39, 0.29) is 11.7 Å².